The summed E-state index contributed by atoms with van der Waals surface area (Å²) >= 11 is 0. The summed E-state index contributed by atoms with van der Waals surface area (Å²) in [6.45, 7) is -0.195. The molecule has 1 saturated carbocycles. The molecule has 2 aromatic carbocycles. The molecule has 30 heavy (non-hydrogen) atoms. The van der Waals surface area contributed by atoms with E-state index in [1.54, 1.807) is 55.6 Å². The summed E-state index contributed by atoms with van der Waals surface area (Å²) in [5.41, 5.74) is 0.905. The summed E-state index contributed by atoms with van der Waals surface area (Å²) in [5, 5.41) is 0. The van der Waals surface area contributed by atoms with E-state index in [0.29, 0.717) is 22.7 Å². The number of ketones is 1. The van der Waals surface area contributed by atoms with Crippen LogP contribution in [-0.4, -0.2) is 31.3 Å². The summed E-state index contributed by atoms with van der Waals surface area (Å²) < 4.78 is 10.9. The van der Waals surface area contributed by atoms with Crippen molar-refractivity contribution in [2.24, 2.45) is 23.7 Å². The molecule has 2 bridgehead atoms. The lowest BCUT2D eigenvalue weighted by Crippen LogP contribution is -2.33. The number of allylic oxidation sites excluding steroid dienone is 2. The molecule has 0 aromatic heterocycles. The molecule has 1 aliphatic heterocycles. The molecule has 6 heteroatoms. The van der Waals surface area contributed by atoms with Crippen LogP contribution < -0.4 is 14.4 Å². The van der Waals surface area contributed by atoms with Crippen molar-refractivity contribution in [1.82, 2.24) is 0 Å². The number of carbonyl (C=O) groups is 3. The fourth-order valence-electron chi connectivity index (χ4n) is 4.91. The van der Waals surface area contributed by atoms with Gasteiger partial charge in [0.25, 0.3) is 0 Å². The van der Waals surface area contributed by atoms with E-state index in [0.717, 1.165) is 6.42 Å². The quantitative estimate of drug-likeness (QED) is 0.421. The number of benzene rings is 2. The number of nitrogens with zero attached hydrogens (tertiary/aromatic N) is 1. The normalized spacial score (nSPS) is 26.2. The molecule has 6 nitrogen and oxygen atoms in total. The number of hydrogen-bond acceptors (Lipinski definition) is 5. The minimum absolute atomic E-state index is 0.145. The fraction of sp³-hybridized carbons (Fsp3) is 0.292. The first-order valence-corrected chi connectivity index (χ1v) is 10.0. The van der Waals surface area contributed by atoms with Crippen LogP contribution in [0.15, 0.2) is 60.7 Å². The van der Waals surface area contributed by atoms with E-state index in [2.05, 4.69) is 12.2 Å². The third-order valence-corrected chi connectivity index (χ3v) is 6.35. The second kappa shape index (κ2) is 7.13. The molecule has 0 unspecified atom stereocenters. The third-order valence-electron chi connectivity index (χ3n) is 6.35. The molecular weight excluding hydrogens is 382 g/mol. The maximum Gasteiger partial charge on any atom is 0.238 e. The molecule has 2 amide bonds. The number of para-hydroxylation sites is 2. The second-order valence-corrected chi connectivity index (χ2v) is 7.92. The topological polar surface area (TPSA) is 72.9 Å². The summed E-state index contributed by atoms with van der Waals surface area (Å²) in [4.78, 5) is 40.0. The van der Waals surface area contributed by atoms with Crippen molar-refractivity contribution in [3.8, 4) is 11.5 Å². The van der Waals surface area contributed by atoms with Gasteiger partial charge in [0, 0.05) is 5.56 Å². The number of anilines is 1. The van der Waals surface area contributed by atoms with Crippen molar-refractivity contribution in [1.29, 1.82) is 0 Å². The van der Waals surface area contributed by atoms with Crippen LogP contribution in [0.25, 0.3) is 0 Å². The van der Waals surface area contributed by atoms with E-state index in [1.807, 2.05) is 0 Å². The molecule has 0 radical (unpaired) electrons. The molecule has 3 aliphatic rings. The minimum Gasteiger partial charge on any atom is -0.497 e. The number of hydrogen-bond donors (Lipinski definition) is 0. The SMILES string of the molecule is COc1ccc(C(=O)COc2ccccc2N2C(=O)[C@@H]3[C@H](C2=O)[C@H]2C=C[C@@H]3C2)cc1. The van der Waals surface area contributed by atoms with Crippen LogP contribution in [0.1, 0.15) is 16.8 Å². The molecular formula is C24H21NO5. The van der Waals surface area contributed by atoms with Crippen LogP contribution in [0.3, 0.4) is 0 Å². The molecule has 152 valence electrons. The molecule has 1 heterocycles. The highest BCUT2D eigenvalue weighted by atomic mass is 16.5. The number of carbonyl (C=O) groups excluding carboxylic acids is 3. The fourth-order valence-corrected chi connectivity index (χ4v) is 4.91. The van der Waals surface area contributed by atoms with Gasteiger partial charge in [0.1, 0.15) is 11.5 Å². The molecule has 2 aliphatic carbocycles. The number of methoxy groups -OCH3 is 1. The number of fused-ring (bicyclic) bond motifs is 5. The van der Waals surface area contributed by atoms with Gasteiger partial charge in [0.05, 0.1) is 24.6 Å². The lowest BCUT2D eigenvalue weighted by molar-refractivity contribution is -0.123. The highest BCUT2D eigenvalue weighted by Gasteiger charge is 2.59. The molecule has 2 fully saturated rings. The van der Waals surface area contributed by atoms with E-state index in [4.69, 9.17) is 9.47 Å². The smallest absolute Gasteiger partial charge is 0.238 e. The Hall–Kier alpha value is -3.41. The van der Waals surface area contributed by atoms with Crippen LogP contribution in [0.4, 0.5) is 5.69 Å². The zero-order valence-corrected chi connectivity index (χ0v) is 16.5. The van der Waals surface area contributed by atoms with Crippen LogP contribution in [0.2, 0.25) is 0 Å². The predicted octanol–water partition coefficient (Wildman–Crippen LogP) is 3.27. The number of imide groups is 1. The van der Waals surface area contributed by atoms with Crippen molar-refractivity contribution in [3.63, 3.8) is 0 Å². The highest BCUT2D eigenvalue weighted by Crippen LogP contribution is 2.53. The maximum absolute atomic E-state index is 13.1. The second-order valence-electron chi connectivity index (χ2n) is 7.92. The van der Waals surface area contributed by atoms with E-state index in [-0.39, 0.29) is 47.9 Å². The van der Waals surface area contributed by atoms with Gasteiger partial charge in [-0.1, -0.05) is 24.3 Å². The summed E-state index contributed by atoms with van der Waals surface area (Å²) in [7, 11) is 1.56. The van der Waals surface area contributed by atoms with Crippen LogP contribution in [-0.2, 0) is 9.59 Å². The lowest BCUT2D eigenvalue weighted by Gasteiger charge is -2.20. The molecule has 0 N–H and O–H groups in total. The van der Waals surface area contributed by atoms with Crippen molar-refractivity contribution in [2.75, 3.05) is 18.6 Å². The zero-order valence-electron chi connectivity index (χ0n) is 16.5. The molecule has 2 aromatic rings. The van der Waals surface area contributed by atoms with Crippen molar-refractivity contribution in [3.05, 3.63) is 66.2 Å². The number of Topliss-reactive ketones (excluding diaryl/α,β-unsaturated/α-hetero) is 1. The van der Waals surface area contributed by atoms with Crippen LogP contribution in [0, 0.1) is 23.7 Å². The van der Waals surface area contributed by atoms with Gasteiger partial charge in [0.15, 0.2) is 12.4 Å². The lowest BCUT2D eigenvalue weighted by atomic mass is 9.85. The Kier molecular flexibility index (Phi) is 4.42. The number of rotatable bonds is 6. The Morgan fingerprint density at radius 2 is 1.60 bits per heavy atom. The van der Waals surface area contributed by atoms with Gasteiger partial charge in [-0.05, 0) is 54.7 Å². The van der Waals surface area contributed by atoms with E-state index < -0.39 is 0 Å². The van der Waals surface area contributed by atoms with E-state index >= 15 is 0 Å². The van der Waals surface area contributed by atoms with Gasteiger partial charge in [-0.3, -0.25) is 14.4 Å². The summed E-state index contributed by atoms with van der Waals surface area (Å²) in [5.74, 6) is 0.212. The molecule has 0 spiro atoms. The van der Waals surface area contributed by atoms with Crippen molar-refractivity contribution in [2.45, 2.75) is 6.42 Å². The van der Waals surface area contributed by atoms with Gasteiger partial charge < -0.3 is 9.47 Å². The van der Waals surface area contributed by atoms with E-state index in [9.17, 15) is 14.4 Å². The first-order chi connectivity index (χ1) is 14.6. The first-order valence-electron chi connectivity index (χ1n) is 10.0. The summed E-state index contributed by atoms with van der Waals surface area (Å²) in [6.07, 6.45) is 5.02. The Morgan fingerprint density at radius 1 is 0.967 bits per heavy atom. The third kappa shape index (κ3) is 2.83. The van der Waals surface area contributed by atoms with Gasteiger partial charge in [-0.2, -0.15) is 0 Å². The number of ether oxygens (including phenoxy) is 2. The average molecular weight is 403 g/mol. The Bertz CT molecular complexity index is 1030. The van der Waals surface area contributed by atoms with Crippen LogP contribution in [0.5, 0.6) is 11.5 Å². The standard InChI is InChI=1S/C24H21NO5/c1-29-17-10-8-14(9-11-17)19(26)13-30-20-5-3-2-4-18(20)25-23(27)21-15-6-7-16(12-15)22(21)24(25)28/h2-11,15-16,21-22H,12-13H2,1H3/t15-,16+,21+,22-. The molecule has 4 atom stereocenters. The van der Waals surface area contributed by atoms with Gasteiger partial charge in [-0.15, -0.1) is 0 Å². The number of amides is 2. The summed E-state index contributed by atoms with van der Waals surface area (Å²) in [6, 6.07) is 13.7. The monoisotopic (exact) mass is 403 g/mol. The minimum atomic E-state index is -0.276. The predicted molar refractivity (Wildman–Crippen MR) is 109 cm³/mol. The first kappa shape index (κ1) is 18.6. The van der Waals surface area contributed by atoms with Crippen molar-refractivity contribution < 1.29 is 23.9 Å². The van der Waals surface area contributed by atoms with Gasteiger partial charge in [0.2, 0.25) is 11.8 Å². The zero-order chi connectivity index (χ0) is 20.8. The molecule has 1 saturated heterocycles. The highest BCUT2D eigenvalue weighted by molar-refractivity contribution is 6.23. The maximum atomic E-state index is 13.1. The van der Waals surface area contributed by atoms with Crippen molar-refractivity contribution >= 4 is 23.3 Å². The Morgan fingerprint density at radius 3 is 2.23 bits per heavy atom. The Balaban J connectivity index is 1.35. The van der Waals surface area contributed by atoms with Gasteiger partial charge in [-0.25, -0.2) is 4.90 Å². The Labute approximate surface area is 174 Å². The van der Waals surface area contributed by atoms with Gasteiger partial charge >= 0.3 is 0 Å². The van der Waals surface area contributed by atoms with E-state index in [1.165, 1.54) is 4.90 Å². The average Bonchev–Trinajstić information content (AvgIpc) is 3.46. The van der Waals surface area contributed by atoms with Crippen LogP contribution >= 0.6 is 0 Å². The molecule has 5 rings (SSSR count). The largest absolute Gasteiger partial charge is 0.497 e.